The summed E-state index contributed by atoms with van der Waals surface area (Å²) < 4.78 is 5.16. The van der Waals surface area contributed by atoms with Crippen LogP contribution in [0.3, 0.4) is 0 Å². The molecule has 0 saturated carbocycles. The Morgan fingerprint density at radius 3 is 2.55 bits per heavy atom. The smallest absolute Gasteiger partial charge is 0.236 e. The molecule has 2 amide bonds. The van der Waals surface area contributed by atoms with Gasteiger partial charge in [0.2, 0.25) is 23.5 Å². The van der Waals surface area contributed by atoms with Crippen molar-refractivity contribution in [2.45, 2.75) is 18.2 Å². The second-order valence-electron chi connectivity index (χ2n) is 3.57. The monoisotopic (exact) mass is 314 g/mol. The number of thioether (sulfide) groups is 1. The number of carbonyl (C=O) groups excluding carboxylic acids is 2. The molecule has 2 rings (SSSR count). The zero-order chi connectivity index (χ0) is 14.5. The number of nitrogens with one attached hydrogen (secondary N) is 2. The molecule has 0 bridgehead atoms. The van der Waals surface area contributed by atoms with E-state index >= 15 is 0 Å². The highest BCUT2D eigenvalue weighted by Gasteiger charge is 2.15. The topological polar surface area (TPSA) is 123 Å². The van der Waals surface area contributed by atoms with Crippen LogP contribution in [0.5, 0.6) is 0 Å². The molecule has 0 aromatic carbocycles. The first-order valence-electron chi connectivity index (χ1n) is 5.37. The molecule has 0 radical (unpaired) electrons. The Labute approximate surface area is 121 Å². The van der Waals surface area contributed by atoms with Gasteiger partial charge in [-0.3, -0.25) is 9.59 Å². The van der Waals surface area contributed by atoms with Gasteiger partial charge in [-0.2, -0.15) is 0 Å². The number of aromatic nitrogens is 4. The lowest BCUT2D eigenvalue weighted by molar-refractivity contribution is -0.115. The minimum Gasteiger partial charge on any atom is -0.305 e. The van der Waals surface area contributed by atoms with E-state index in [4.69, 9.17) is 0 Å². The van der Waals surface area contributed by atoms with Crippen LogP contribution < -0.4 is 10.6 Å². The first kappa shape index (κ1) is 14.4. The molecule has 2 aromatic heterocycles. The number of anilines is 2. The summed E-state index contributed by atoms with van der Waals surface area (Å²) in [6.07, 6.45) is 0. The largest absolute Gasteiger partial charge is 0.305 e. The van der Waals surface area contributed by atoms with E-state index in [1.165, 1.54) is 30.0 Å². The Morgan fingerprint density at radius 1 is 1.25 bits per heavy atom. The summed E-state index contributed by atoms with van der Waals surface area (Å²) in [7, 11) is 0. The van der Waals surface area contributed by atoms with Crippen LogP contribution in [0, 0.1) is 6.92 Å². The van der Waals surface area contributed by atoms with E-state index in [9.17, 15) is 9.59 Å². The summed E-state index contributed by atoms with van der Waals surface area (Å²) in [4.78, 5) is 22.6. The van der Waals surface area contributed by atoms with Crippen LogP contribution in [-0.2, 0) is 9.59 Å². The van der Waals surface area contributed by atoms with E-state index in [1.54, 1.807) is 0 Å². The molecule has 9 nitrogen and oxygen atoms in total. The van der Waals surface area contributed by atoms with Crippen LogP contribution in [0.15, 0.2) is 8.97 Å². The zero-order valence-corrected chi connectivity index (χ0v) is 12.2. The maximum Gasteiger partial charge on any atom is 0.236 e. The third-order valence-electron chi connectivity index (χ3n) is 1.88. The molecule has 106 valence electrons. The summed E-state index contributed by atoms with van der Waals surface area (Å²) in [5.41, 5.74) is 0. The quantitative estimate of drug-likeness (QED) is 0.781. The Balaban J connectivity index is 1.88. The van der Waals surface area contributed by atoms with E-state index in [2.05, 4.69) is 35.8 Å². The highest BCUT2D eigenvalue weighted by molar-refractivity contribution is 8.01. The van der Waals surface area contributed by atoms with Crippen molar-refractivity contribution in [2.24, 2.45) is 0 Å². The SMILES string of the molecule is CC(=O)Nc1nonc1NC(=O)CSc1nnc(C)s1. The Kier molecular flexibility index (Phi) is 4.63. The van der Waals surface area contributed by atoms with E-state index in [1.807, 2.05) is 6.92 Å². The molecule has 20 heavy (non-hydrogen) atoms. The molecule has 0 unspecified atom stereocenters. The van der Waals surface area contributed by atoms with Crippen LogP contribution >= 0.6 is 23.1 Å². The second kappa shape index (κ2) is 6.43. The van der Waals surface area contributed by atoms with Crippen molar-refractivity contribution in [3.63, 3.8) is 0 Å². The van der Waals surface area contributed by atoms with Crippen molar-refractivity contribution < 1.29 is 14.2 Å². The molecule has 0 fully saturated rings. The van der Waals surface area contributed by atoms with Gasteiger partial charge in [-0.25, -0.2) is 4.63 Å². The molecule has 2 heterocycles. The van der Waals surface area contributed by atoms with Gasteiger partial charge < -0.3 is 10.6 Å². The summed E-state index contributed by atoms with van der Waals surface area (Å²) in [5.74, 6) is -0.372. The number of carbonyl (C=O) groups is 2. The fourth-order valence-electron chi connectivity index (χ4n) is 1.15. The van der Waals surface area contributed by atoms with Gasteiger partial charge in [0.1, 0.15) is 5.01 Å². The van der Waals surface area contributed by atoms with Gasteiger partial charge in [0, 0.05) is 6.92 Å². The van der Waals surface area contributed by atoms with E-state index in [0.717, 1.165) is 5.01 Å². The van der Waals surface area contributed by atoms with Crippen molar-refractivity contribution in [2.75, 3.05) is 16.4 Å². The molecule has 0 atom stereocenters. The van der Waals surface area contributed by atoms with Crippen molar-refractivity contribution in [3.05, 3.63) is 5.01 Å². The van der Waals surface area contributed by atoms with Gasteiger partial charge in [0.05, 0.1) is 5.75 Å². The van der Waals surface area contributed by atoms with E-state index < -0.39 is 0 Å². The van der Waals surface area contributed by atoms with Gasteiger partial charge in [-0.1, -0.05) is 23.1 Å². The summed E-state index contributed by atoms with van der Waals surface area (Å²) >= 11 is 2.66. The lowest BCUT2D eigenvalue weighted by Crippen LogP contribution is -2.16. The molecule has 0 aliphatic heterocycles. The predicted molar refractivity (Wildman–Crippen MR) is 72.6 cm³/mol. The minimum atomic E-state index is -0.338. The highest BCUT2D eigenvalue weighted by atomic mass is 32.2. The Morgan fingerprint density at radius 2 is 1.95 bits per heavy atom. The van der Waals surface area contributed by atoms with Crippen molar-refractivity contribution in [1.82, 2.24) is 20.5 Å². The van der Waals surface area contributed by atoms with Crippen molar-refractivity contribution in [3.8, 4) is 0 Å². The van der Waals surface area contributed by atoms with Crippen LogP contribution in [-0.4, -0.2) is 38.1 Å². The summed E-state index contributed by atoms with van der Waals surface area (Å²) in [6.45, 7) is 3.15. The molecular formula is C9H10N6O3S2. The molecule has 0 spiro atoms. The average molecular weight is 314 g/mol. The normalized spacial score (nSPS) is 10.3. The summed E-state index contributed by atoms with van der Waals surface area (Å²) in [6, 6.07) is 0. The van der Waals surface area contributed by atoms with Crippen LogP contribution in [0.2, 0.25) is 0 Å². The fourth-order valence-corrected chi connectivity index (χ4v) is 2.77. The average Bonchev–Trinajstić information content (AvgIpc) is 2.96. The molecule has 0 aliphatic rings. The molecule has 2 aromatic rings. The lowest BCUT2D eigenvalue weighted by Gasteiger charge is -2.01. The van der Waals surface area contributed by atoms with Crippen LogP contribution in [0.4, 0.5) is 11.6 Å². The highest BCUT2D eigenvalue weighted by Crippen LogP contribution is 2.22. The van der Waals surface area contributed by atoms with Gasteiger partial charge >= 0.3 is 0 Å². The molecule has 0 aliphatic carbocycles. The van der Waals surface area contributed by atoms with E-state index in [0.29, 0.717) is 4.34 Å². The Hall–Kier alpha value is -2.01. The molecule has 0 saturated heterocycles. The standard InChI is InChI=1S/C9H10N6O3S2/c1-4(16)10-7-8(15-18-14-7)11-6(17)3-19-9-13-12-5(2)20-9/h3H2,1-2H3,(H,10,14,16)(H,11,15,17). The minimum absolute atomic E-state index is 0.0687. The molecule has 11 heteroatoms. The molecule has 2 N–H and O–H groups in total. The maximum atomic E-state index is 11.7. The number of aryl methyl sites for hydroxylation is 1. The van der Waals surface area contributed by atoms with Crippen LogP contribution in [0.1, 0.15) is 11.9 Å². The van der Waals surface area contributed by atoms with Gasteiger partial charge in [-0.15, -0.1) is 10.2 Å². The predicted octanol–water partition coefficient (Wildman–Crippen LogP) is 0.919. The number of rotatable bonds is 5. The van der Waals surface area contributed by atoms with Crippen LogP contribution in [0.25, 0.3) is 0 Å². The number of nitrogens with zero attached hydrogens (tertiary/aromatic N) is 4. The maximum absolute atomic E-state index is 11.7. The Bertz CT molecular complexity index is 625. The first-order chi connectivity index (χ1) is 9.54. The van der Waals surface area contributed by atoms with Crippen molar-refractivity contribution >= 4 is 46.5 Å². The number of amides is 2. The fraction of sp³-hybridized carbons (Fsp3) is 0.333. The zero-order valence-electron chi connectivity index (χ0n) is 10.5. The third-order valence-corrected chi connectivity index (χ3v) is 3.85. The summed E-state index contributed by atoms with van der Waals surface area (Å²) in [5, 5.41) is 20.4. The number of hydrogen-bond acceptors (Lipinski definition) is 9. The van der Waals surface area contributed by atoms with E-state index in [-0.39, 0.29) is 29.2 Å². The van der Waals surface area contributed by atoms with Gasteiger partial charge in [0.15, 0.2) is 4.34 Å². The number of hydrogen-bond donors (Lipinski definition) is 2. The van der Waals surface area contributed by atoms with Crippen molar-refractivity contribution in [1.29, 1.82) is 0 Å². The van der Waals surface area contributed by atoms with Gasteiger partial charge in [0.25, 0.3) is 0 Å². The second-order valence-corrected chi connectivity index (χ2v) is 5.97. The van der Waals surface area contributed by atoms with Gasteiger partial charge in [-0.05, 0) is 17.2 Å². The lowest BCUT2D eigenvalue weighted by atomic mass is 10.5. The third kappa shape index (κ3) is 3.99. The molecular weight excluding hydrogens is 304 g/mol. The first-order valence-corrected chi connectivity index (χ1v) is 7.17.